The van der Waals surface area contributed by atoms with Gasteiger partial charge in [0.1, 0.15) is 4.90 Å². The Morgan fingerprint density at radius 2 is 2.20 bits per heavy atom. The molecule has 1 aromatic rings. The Morgan fingerprint density at radius 1 is 1.50 bits per heavy atom. The maximum Gasteiger partial charge on any atom is 0.244 e. The van der Waals surface area contributed by atoms with Gasteiger partial charge in [-0.15, -0.1) is 0 Å². The summed E-state index contributed by atoms with van der Waals surface area (Å²) in [6, 6.07) is 1.56. The van der Waals surface area contributed by atoms with Crippen LogP contribution in [0, 0.1) is 0 Å². The van der Waals surface area contributed by atoms with Crippen LogP contribution >= 0.6 is 31.9 Å². The fraction of sp³-hybridized carbons (Fsp3) is 0.583. The van der Waals surface area contributed by atoms with Gasteiger partial charge < -0.3 is 4.74 Å². The van der Waals surface area contributed by atoms with Gasteiger partial charge in [-0.3, -0.25) is 4.98 Å². The highest BCUT2D eigenvalue weighted by Gasteiger charge is 2.39. The number of alkyl halides is 1. The molecule has 0 aromatic carbocycles. The number of aromatic nitrogens is 1. The second-order valence-corrected chi connectivity index (χ2v) is 8.79. The van der Waals surface area contributed by atoms with Crippen molar-refractivity contribution in [2.75, 3.05) is 18.4 Å². The minimum absolute atomic E-state index is 0.159. The summed E-state index contributed by atoms with van der Waals surface area (Å²) in [7, 11) is -3.56. The number of ether oxygens (including phenoxy) is 1. The average molecular weight is 428 g/mol. The molecule has 0 N–H and O–H groups in total. The number of morpholine rings is 1. The summed E-state index contributed by atoms with van der Waals surface area (Å²) < 4.78 is 33.3. The van der Waals surface area contributed by atoms with E-state index in [2.05, 4.69) is 36.8 Å². The molecule has 112 valence electrons. The predicted octanol–water partition coefficient (Wildman–Crippen LogP) is 2.41. The molecule has 20 heavy (non-hydrogen) atoms. The lowest BCUT2D eigenvalue weighted by Gasteiger charge is -2.41. The Labute approximate surface area is 136 Å². The van der Waals surface area contributed by atoms with Crippen LogP contribution in [-0.2, 0) is 14.8 Å². The molecule has 2 heterocycles. The summed E-state index contributed by atoms with van der Waals surface area (Å²) in [5.74, 6) is 0. The second kappa shape index (κ2) is 6.00. The van der Waals surface area contributed by atoms with Crippen molar-refractivity contribution in [2.24, 2.45) is 0 Å². The summed E-state index contributed by atoms with van der Waals surface area (Å²) >= 11 is 6.61. The van der Waals surface area contributed by atoms with Crippen molar-refractivity contribution in [3.05, 3.63) is 22.9 Å². The first kappa shape index (κ1) is 16.4. The van der Waals surface area contributed by atoms with Crippen LogP contribution in [0.15, 0.2) is 27.8 Å². The van der Waals surface area contributed by atoms with Gasteiger partial charge in [-0.1, -0.05) is 15.9 Å². The van der Waals surface area contributed by atoms with Gasteiger partial charge in [0, 0.05) is 35.3 Å². The Kier molecular flexibility index (Phi) is 4.91. The molecule has 8 heteroatoms. The number of pyridine rings is 1. The maximum atomic E-state index is 12.7. The molecule has 1 saturated heterocycles. The molecule has 2 rings (SSSR count). The number of rotatable bonds is 3. The molecule has 1 aromatic heterocycles. The highest BCUT2D eigenvalue weighted by molar-refractivity contribution is 9.10. The number of nitrogens with zero attached hydrogens (tertiary/aromatic N) is 2. The Balaban J connectivity index is 2.33. The van der Waals surface area contributed by atoms with Crippen LogP contribution in [0.3, 0.4) is 0 Å². The minimum Gasteiger partial charge on any atom is -0.369 e. The lowest BCUT2D eigenvalue weighted by molar-refractivity contribution is -0.106. The number of hydrogen-bond acceptors (Lipinski definition) is 4. The molecule has 5 nitrogen and oxygen atoms in total. The van der Waals surface area contributed by atoms with E-state index in [1.54, 1.807) is 12.3 Å². The molecule has 0 saturated carbocycles. The van der Waals surface area contributed by atoms with Crippen molar-refractivity contribution in [2.45, 2.75) is 30.4 Å². The van der Waals surface area contributed by atoms with E-state index in [1.807, 2.05) is 13.8 Å². The Hall–Kier alpha value is -0.0200. The van der Waals surface area contributed by atoms with Crippen LogP contribution < -0.4 is 0 Å². The van der Waals surface area contributed by atoms with Crippen molar-refractivity contribution in [3.8, 4) is 0 Å². The van der Waals surface area contributed by atoms with Gasteiger partial charge in [0.2, 0.25) is 10.0 Å². The van der Waals surface area contributed by atoms with Crippen LogP contribution in [0.2, 0.25) is 0 Å². The van der Waals surface area contributed by atoms with Crippen LogP contribution in [0.1, 0.15) is 13.8 Å². The smallest absolute Gasteiger partial charge is 0.244 e. The van der Waals surface area contributed by atoms with E-state index in [-0.39, 0.29) is 11.0 Å². The molecule has 0 spiro atoms. The summed E-state index contributed by atoms with van der Waals surface area (Å²) in [6.45, 7) is 4.45. The van der Waals surface area contributed by atoms with Gasteiger partial charge in [0.25, 0.3) is 0 Å². The molecular weight excluding hydrogens is 412 g/mol. The fourth-order valence-corrected chi connectivity index (χ4v) is 4.65. The van der Waals surface area contributed by atoms with Crippen molar-refractivity contribution in [1.82, 2.24) is 9.29 Å². The van der Waals surface area contributed by atoms with Gasteiger partial charge >= 0.3 is 0 Å². The zero-order valence-corrected chi connectivity index (χ0v) is 15.2. The standard InChI is InChI=1S/C12H16Br2N2O3S/c1-12(2)8-16(7-10(4-13)19-12)20(17,18)11-3-9(14)5-15-6-11/h3,5-6,10H,4,7-8H2,1-2H3. The van der Waals surface area contributed by atoms with Gasteiger partial charge in [0.05, 0.1) is 11.7 Å². The third kappa shape index (κ3) is 3.59. The number of hydrogen-bond donors (Lipinski definition) is 0. The molecule has 0 amide bonds. The molecule has 0 radical (unpaired) electrons. The first-order chi connectivity index (χ1) is 9.24. The Bertz CT molecular complexity index is 592. The van der Waals surface area contributed by atoms with Crippen LogP contribution in [0.5, 0.6) is 0 Å². The summed E-state index contributed by atoms with van der Waals surface area (Å²) in [5.41, 5.74) is -0.511. The lowest BCUT2D eigenvalue weighted by Crippen LogP contribution is -2.54. The van der Waals surface area contributed by atoms with E-state index in [4.69, 9.17) is 4.74 Å². The topological polar surface area (TPSA) is 59.5 Å². The van der Waals surface area contributed by atoms with E-state index in [0.717, 1.165) is 0 Å². The first-order valence-corrected chi connectivity index (χ1v) is 9.44. The second-order valence-electron chi connectivity index (χ2n) is 5.29. The van der Waals surface area contributed by atoms with E-state index in [0.29, 0.717) is 22.9 Å². The quantitative estimate of drug-likeness (QED) is 0.695. The molecule has 1 unspecified atom stereocenters. The Morgan fingerprint density at radius 3 is 2.80 bits per heavy atom. The normalized spacial score (nSPS) is 23.7. The lowest BCUT2D eigenvalue weighted by atomic mass is 10.1. The summed E-state index contributed by atoms with van der Waals surface area (Å²) in [5, 5.41) is 0.596. The van der Waals surface area contributed by atoms with E-state index in [1.165, 1.54) is 10.5 Å². The molecule has 1 aliphatic heterocycles. The van der Waals surface area contributed by atoms with Gasteiger partial charge in [-0.05, 0) is 35.8 Å². The minimum atomic E-state index is -3.56. The van der Waals surface area contributed by atoms with Crippen molar-refractivity contribution in [3.63, 3.8) is 0 Å². The molecule has 0 aliphatic carbocycles. The van der Waals surface area contributed by atoms with E-state index < -0.39 is 15.6 Å². The fourth-order valence-electron chi connectivity index (χ4n) is 2.19. The SMILES string of the molecule is CC1(C)CN(S(=O)(=O)c2cncc(Br)c2)CC(CBr)O1. The number of halogens is 2. The average Bonchev–Trinajstić information content (AvgIpc) is 2.36. The molecule has 0 bridgehead atoms. The van der Waals surface area contributed by atoms with Crippen molar-refractivity contribution in [1.29, 1.82) is 0 Å². The first-order valence-electron chi connectivity index (χ1n) is 6.09. The van der Waals surface area contributed by atoms with Crippen molar-refractivity contribution < 1.29 is 13.2 Å². The van der Waals surface area contributed by atoms with Crippen LogP contribution in [-0.4, -0.2) is 47.8 Å². The highest BCUT2D eigenvalue weighted by Crippen LogP contribution is 2.27. The summed E-state index contributed by atoms with van der Waals surface area (Å²) in [6.07, 6.45) is 2.77. The van der Waals surface area contributed by atoms with Crippen molar-refractivity contribution >= 4 is 41.9 Å². The highest BCUT2D eigenvalue weighted by atomic mass is 79.9. The monoisotopic (exact) mass is 426 g/mol. The van der Waals surface area contributed by atoms with E-state index in [9.17, 15) is 8.42 Å². The molecule has 1 aliphatic rings. The van der Waals surface area contributed by atoms with Gasteiger partial charge in [-0.2, -0.15) is 4.31 Å². The maximum absolute atomic E-state index is 12.7. The number of sulfonamides is 1. The predicted molar refractivity (Wildman–Crippen MR) is 83.4 cm³/mol. The molecular formula is C12H16Br2N2O3S. The van der Waals surface area contributed by atoms with Gasteiger partial charge in [-0.25, -0.2) is 8.42 Å². The largest absolute Gasteiger partial charge is 0.369 e. The molecule has 1 atom stereocenters. The third-order valence-electron chi connectivity index (χ3n) is 2.94. The van der Waals surface area contributed by atoms with Crippen LogP contribution in [0.4, 0.5) is 0 Å². The summed E-state index contributed by atoms with van der Waals surface area (Å²) in [4.78, 5) is 4.12. The zero-order valence-electron chi connectivity index (χ0n) is 11.2. The van der Waals surface area contributed by atoms with Crippen LogP contribution in [0.25, 0.3) is 0 Å². The zero-order chi connectivity index (χ0) is 15.0. The van der Waals surface area contributed by atoms with E-state index >= 15 is 0 Å². The third-order valence-corrected chi connectivity index (χ3v) is 5.87. The van der Waals surface area contributed by atoms with Gasteiger partial charge in [0.15, 0.2) is 0 Å². The molecule has 1 fully saturated rings.